The van der Waals surface area contributed by atoms with Gasteiger partial charge < -0.3 is 5.73 Å². The van der Waals surface area contributed by atoms with Crippen molar-refractivity contribution in [3.8, 4) is 0 Å². The van der Waals surface area contributed by atoms with E-state index in [0.29, 0.717) is 12.1 Å². The number of hydrogen-bond acceptors (Lipinski definition) is 1. The smallest absolute Gasteiger partial charge is 0.132 e. The van der Waals surface area contributed by atoms with Gasteiger partial charge in [0, 0.05) is 5.56 Å². The molecule has 15 heavy (non-hydrogen) atoms. The van der Waals surface area contributed by atoms with Crippen molar-refractivity contribution in [1.82, 2.24) is 0 Å². The molecule has 1 aromatic carbocycles. The highest BCUT2D eigenvalue weighted by Crippen LogP contribution is 2.27. The summed E-state index contributed by atoms with van der Waals surface area (Å²) in [5.74, 6) is -0.814. The number of benzene rings is 1. The van der Waals surface area contributed by atoms with E-state index >= 15 is 0 Å². The summed E-state index contributed by atoms with van der Waals surface area (Å²) in [5.41, 5.74) is 6.79. The lowest BCUT2D eigenvalue weighted by atomic mass is 9.92. The second-order valence-electron chi connectivity index (χ2n) is 3.99. The van der Waals surface area contributed by atoms with Gasteiger partial charge in [0.2, 0.25) is 0 Å². The monoisotopic (exact) mass is 213 g/mol. The van der Waals surface area contributed by atoms with Gasteiger partial charge in [-0.1, -0.05) is 6.92 Å². The van der Waals surface area contributed by atoms with Crippen LogP contribution >= 0.6 is 0 Å². The maximum absolute atomic E-state index is 13.6. The van der Waals surface area contributed by atoms with Crippen LogP contribution in [0.1, 0.15) is 36.0 Å². The van der Waals surface area contributed by atoms with Crippen molar-refractivity contribution in [2.45, 2.75) is 33.1 Å². The van der Waals surface area contributed by atoms with Crippen LogP contribution in [0.2, 0.25) is 0 Å². The molecule has 0 aliphatic carbocycles. The van der Waals surface area contributed by atoms with Gasteiger partial charge in [0.25, 0.3) is 0 Å². The van der Waals surface area contributed by atoms with Crippen LogP contribution in [0.25, 0.3) is 0 Å². The van der Waals surface area contributed by atoms with Crippen molar-refractivity contribution in [3.05, 3.63) is 34.4 Å². The molecular formula is C12H17F2N. The third-order valence-corrected chi connectivity index (χ3v) is 2.86. The second kappa shape index (κ2) is 4.71. The minimum atomic E-state index is -0.475. The van der Waals surface area contributed by atoms with E-state index < -0.39 is 11.6 Å². The summed E-state index contributed by atoms with van der Waals surface area (Å²) < 4.78 is 26.9. The largest absolute Gasteiger partial charge is 0.330 e. The molecule has 0 aliphatic heterocycles. The highest BCUT2D eigenvalue weighted by molar-refractivity contribution is 5.35. The van der Waals surface area contributed by atoms with Crippen LogP contribution in [0, 0.1) is 25.5 Å². The molecule has 1 rings (SSSR count). The Balaban J connectivity index is 3.19. The molecule has 1 nitrogen and oxygen atoms in total. The van der Waals surface area contributed by atoms with E-state index in [0.717, 1.165) is 12.0 Å². The first-order valence-electron chi connectivity index (χ1n) is 5.14. The third kappa shape index (κ3) is 2.34. The second-order valence-corrected chi connectivity index (χ2v) is 3.99. The van der Waals surface area contributed by atoms with Crippen LogP contribution in [-0.2, 0) is 0 Å². The van der Waals surface area contributed by atoms with Crippen molar-refractivity contribution in [2.24, 2.45) is 5.73 Å². The molecule has 1 aromatic rings. The fourth-order valence-electron chi connectivity index (χ4n) is 1.78. The molecule has 0 spiro atoms. The van der Waals surface area contributed by atoms with Gasteiger partial charge in [0.1, 0.15) is 11.6 Å². The van der Waals surface area contributed by atoms with E-state index in [2.05, 4.69) is 0 Å². The molecule has 0 saturated heterocycles. The Bertz CT molecular complexity index is 361. The van der Waals surface area contributed by atoms with Crippen molar-refractivity contribution in [2.75, 3.05) is 6.54 Å². The van der Waals surface area contributed by atoms with Crippen molar-refractivity contribution < 1.29 is 8.78 Å². The first-order valence-corrected chi connectivity index (χ1v) is 5.14. The summed E-state index contributed by atoms with van der Waals surface area (Å²) in [6, 6.07) is 1.42. The average molecular weight is 213 g/mol. The quantitative estimate of drug-likeness (QED) is 0.820. The molecule has 0 aliphatic rings. The molecule has 0 aromatic heterocycles. The Morgan fingerprint density at radius 3 is 2.40 bits per heavy atom. The SMILES string of the molecule is Cc1c(F)cc(C(C)CCN)c(C)c1F. The van der Waals surface area contributed by atoms with E-state index in [-0.39, 0.29) is 11.5 Å². The molecule has 0 saturated carbocycles. The molecule has 0 amide bonds. The Morgan fingerprint density at radius 2 is 1.87 bits per heavy atom. The predicted molar refractivity (Wildman–Crippen MR) is 57.9 cm³/mol. The van der Waals surface area contributed by atoms with E-state index in [1.165, 1.54) is 13.0 Å². The van der Waals surface area contributed by atoms with Crippen molar-refractivity contribution >= 4 is 0 Å². The molecular weight excluding hydrogens is 196 g/mol. The summed E-state index contributed by atoms with van der Waals surface area (Å²) in [6.07, 6.45) is 0.739. The summed E-state index contributed by atoms with van der Waals surface area (Å²) in [7, 11) is 0. The Labute approximate surface area is 89.3 Å². The van der Waals surface area contributed by atoms with E-state index in [4.69, 9.17) is 5.73 Å². The fourth-order valence-corrected chi connectivity index (χ4v) is 1.78. The lowest BCUT2D eigenvalue weighted by Gasteiger charge is -2.15. The number of nitrogens with two attached hydrogens (primary N) is 1. The zero-order chi connectivity index (χ0) is 11.6. The molecule has 1 unspecified atom stereocenters. The zero-order valence-electron chi connectivity index (χ0n) is 9.40. The maximum Gasteiger partial charge on any atom is 0.132 e. The lowest BCUT2D eigenvalue weighted by Crippen LogP contribution is -2.08. The molecule has 2 N–H and O–H groups in total. The summed E-state index contributed by atoms with van der Waals surface area (Å²) in [4.78, 5) is 0. The predicted octanol–water partition coefficient (Wildman–Crippen LogP) is 3.03. The molecule has 84 valence electrons. The molecule has 3 heteroatoms. The minimum absolute atomic E-state index is 0.0937. The van der Waals surface area contributed by atoms with Crippen LogP contribution in [0.3, 0.4) is 0 Å². The first-order chi connectivity index (χ1) is 6.99. The Morgan fingerprint density at radius 1 is 1.27 bits per heavy atom. The van der Waals surface area contributed by atoms with Gasteiger partial charge in [-0.3, -0.25) is 0 Å². The zero-order valence-corrected chi connectivity index (χ0v) is 9.40. The molecule has 0 fully saturated rings. The Kier molecular flexibility index (Phi) is 3.80. The third-order valence-electron chi connectivity index (χ3n) is 2.86. The molecule has 0 bridgehead atoms. The van der Waals surface area contributed by atoms with E-state index in [9.17, 15) is 8.78 Å². The maximum atomic E-state index is 13.6. The topological polar surface area (TPSA) is 26.0 Å². The standard InChI is InChI=1S/C12H17F2N/c1-7(4-5-15)10-6-11(13)9(3)12(14)8(10)2/h6-7H,4-5,15H2,1-3H3. The van der Waals surface area contributed by atoms with E-state index in [1.807, 2.05) is 6.92 Å². The molecule has 1 atom stereocenters. The lowest BCUT2D eigenvalue weighted by molar-refractivity contribution is 0.550. The minimum Gasteiger partial charge on any atom is -0.330 e. The molecule has 0 heterocycles. The summed E-state index contributed by atoms with van der Waals surface area (Å²) in [5, 5.41) is 0. The summed E-state index contributed by atoms with van der Waals surface area (Å²) >= 11 is 0. The van der Waals surface area contributed by atoms with Crippen LogP contribution in [0.5, 0.6) is 0 Å². The van der Waals surface area contributed by atoms with Gasteiger partial charge in [0.15, 0.2) is 0 Å². The van der Waals surface area contributed by atoms with Gasteiger partial charge in [-0.2, -0.15) is 0 Å². The van der Waals surface area contributed by atoms with Gasteiger partial charge in [-0.25, -0.2) is 8.78 Å². The average Bonchev–Trinajstić information content (AvgIpc) is 2.20. The van der Waals surface area contributed by atoms with E-state index in [1.54, 1.807) is 6.92 Å². The van der Waals surface area contributed by atoms with Crippen LogP contribution in [-0.4, -0.2) is 6.54 Å². The van der Waals surface area contributed by atoms with Crippen LogP contribution < -0.4 is 5.73 Å². The summed E-state index contributed by atoms with van der Waals surface area (Å²) in [6.45, 7) is 5.60. The van der Waals surface area contributed by atoms with Gasteiger partial charge in [-0.05, 0) is 49.9 Å². The van der Waals surface area contributed by atoms with Crippen LogP contribution in [0.15, 0.2) is 6.07 Å². The Hall–Kier alpha value is -0.960. The van der Waals surface area contributed by atoms with Gasteiger partial charge >= 0.3 is 0 Å². The molecule has 0 radical (unpaired) electrons. The van der Waals surface area contributed by atoms with Crippen molar-refractivity contribution in [1.29, 1.82) is 0 Å². The first kappa shape index (κ1) is 12.1. The van der Waals surface area contributed by atoms with Crippen LogP contribution in [0.4, 0.5) is 8.78 Å². The van der Waals surface area contributed by atoms with Crippen molar-refractivity contribution in [3.63, 3.8) is 0 Å². The number of halogens is 2. The van der Waals surface area contributed by atoms with Gasteiger partial charge in [0.05, 0.1) is 0 Å². The normalized spacial score (nSPS) is 12.9. The number of hydrogen-bond donors (Lipinski definition) is 1. The number of rotatable bonds is 3. The highest BCUT2D eigenvalue weighted by Gasteiger charge is 2.16. The van der Waals surface area contributed by atoms with Gasteiger partial charge in [-0.15, -0.1) is 0 Å². The highest BCUT2D eigenvalue weighted by atomic mass is 19.1. The fraction of sp³-hybridized carbons (Fsp3) is 0.500.